The summed E-state index contributed by atoms with van der Waals surface area (Å²) in [7, 11) is 0. The highest BCUT2D eigenvalue weighted by molar-refractivity contribution is 5.79. The fourth-order valence-electron chi connectivity index (χ4n) is 1.79. The van der Waals surface area contributed by atoms with Gasteiger partial charge < -0.3 is 10.2 Å². The van der Waals surface area contributed by atoms with Gasteiger partial charge in [0.2, 0.25) is 0 Å². The Balaban J connectivity index is 2.67. The standard InChI is InChI=1S/C16H14O2/c1-3-11-5-7-15(17)13(9-11)14-10-12(4-2)6-8-16(14)18/h3-10,17-18H,1-2H2. The number of rotatable bonds is 3. The highest BCUT2D eigenvalue weighted by Gasteiger charge is 2.09. The van der Waals surface area contributed by atoms with Gasteiger partial charge in [-0.05, 0) is 35.4 Å². The Morgan fingerprint density at radius 2 is 1.11 bits per heavy atom. The molecule has 90 valence electrons. The van der Waals surface area contributed by atoms with E-state index in [0.29, 0.717) is 11.1 Å². The number of phenolic OH excluding ortho intramolecular Hbond substituents is 2. The molecule has 0 unspecified atom stereocenters. The van der Waals surface area contributed by atoms with Gasteiger partial charge in [0.05, 0.1) is 0 Å². The quantitative estimate of drug-likeness (QED) is 0.846. The molecule has 2 N–H and O–H groups in total. The molecule has 0 saturated carbocycles. The highest BCUT2D eigenvalue weighted by Crippen LogP contribution is 2.36. The lowest BCUT2D eigenvalue weighted by Gasteiger charge is -2.09. The first-order valence-electron chi connectivity index (χ1n) is 5.57. The molecule has 2 nitrogen and oxygen atoms in total. The van der Waals surface area contributed by atoms with Gasteiger partial charge >= 0.3 is 0 Å². The Labute approximate surface area is 106 Å². The molecule has 18 heavy (non-hydrogen) atoms. The van der Waals surface area contributed by atoms with E-state index in [0.717, 1.165) is 11.1 Å². The molecule has 0 saturated heterocycles. The fraction of sp³-hybridized carbons (Fsp3) is 0. The average Bonchev–Trinajstić information content (AvgIpc) is 2.40. The van der Waals surface area contributed by atoms with Gasteiger partial charge in [0.15, 0.2) is 0 Å². The number of benzene rings is 2. The largest absolute Gasteiger partial charge is 0.507 e. The molecule has 0 aliphatic rings. The first kappa shape index (κ1) is 12.0. The van der Waals surface area contributed by atoms with Crippen molar-refractivity contribution in [3.8, 4) is 22.6 Å². The molecular weight excluding hydrogens is 224 g/mol. The maximum absolute atomic E-state index is 9.90. The fourth-order valence-corrected chi connectivity index (χ4v) is 1.79. The van der Waals surface area contributed by atoms with Crippen molar-refractivity contribution in [2.45, 2.75) is 0 Å². The van der Waals surface area contributed by atoms with Crippen LogP contribution in [0.15, 0.2) is 49.6 Å². The molecule has 0 aromatic heterocycles. The van der Waals surface area contributed by atoms with E-state index >= 15 is 0 Å². The summed E-state index contributed by atoms with van der Waals surface area (Å²) in [6.07, 6.45) is 3.38. The molecule has 0 fully saturated rings. The highest BCUT2D eigenvalue weighted by atomic mass is 16.3. The second-order valence-corrected chi connectivity index (χ2v) is 3.96. The molecule has 0 bridgehead atoms. The second kappa shape index (κ2) is 4.80. The minimum Gasteiger partial charge on any atom is -0.507 e. The predicted octanol–water partition coefficient (Wildman–Crippen LogP) is 4.05. The van der Waals surface area contributed by atoms with Crippen LogP contribution in [-0.4, -0.2) is 10.2 Å². The van der Waals surface area contributed by atoms with Crippen LogP contribution < -0.4 is 0 Å². The summed E-state index contributed by atoms with van der Waals surface area (Å²) in [5, 5.41) is 19.8. The third kappa shape index (κ3) is 2.13. The Morgan fingerprint density at radius 3 is 1.44 bits per heavy atom. The zero-order valence-corrected chi connectivity index (χ0v) is 9.93. The minimum atomic E-state index is 0.122. The summed E-state index contributed by atoms with van der Waals surface area (Å²) < 4.78 is 0. The molecule has 0 aliphatic carbocycles. The van der Waals surface area contributed by atoms with Gasteiger partial charge in [0.25, 0.3) is 0 Å². The molecule has 2 rings (SSSR count). The van der Waals surface area contributed by atoms with Crippen molar-refractivity contribution in [2.75, 3.05) is 0 Å². The Hall–Kier alpha value is -2.48. The summed E-state index contributed by atoms with van der Waals surface area (Å²) in [5.41, 5.74) is 2.92. The van der Waals surface area contributed by atoms with Gasteiger partial charge in [-0.2, -0.15) is 0 Å². The number of hydrogen-bond donors (Lipinski definition) is 2. The van der Waals surface area contributed by atoms with Crippen LogP contribution >= 0.6 is 0 Å². The minimum absolute atomic E-state index is 0.122. The van der Waals surface area contributed by atoms with Crippen LogP contribution in [0.3, 0.4) is 0 Å². The molecule has 0 spiro atoms. The molecule has 0 atom stereocenters. The molecule has 0 amide bonds. The van der Waals surface area contributed by atoms with Crippen LogP contribution in [0.25, 0.3) is 23.3 Å². The van der Waals surface area contributed by atoms with Crippen LogP contribution in [0.4, 0.5) is 0 Å². The summed E-state index contributed by atoms with van der Waals surface area (Å²) in [6, 6.07) is 10.3. The lowest BCUT2D eigenvalue weighted by Crippen LogP contribution is -1.84. The summed E-state index contributed by atoms with van der Waals surface area (Å²) in [6.45, 7) is 7.38. The molecule has 0 radical (unpaired) electrons. The predicted molar refractivity (Wildman–Crippen MR) is 75.4 cm³/mol. The van der Waals surface area contributed by atoms with E-state index in [1.54, 1.807) is 48.6 Å². The van der Waals surface area contributed by atoms with Crippen LogP contribution in [0.2, 0.25) is 0 Å². The van der Waals surface area contributed by atoms with Gasteiger partial charge in [-0.25, -0.2) is 0 Å². The third-order valence-electron chi connectivity index (χ3n) is 2.80. The van der Waals surface area contributed by atoms with E-state index in [1.807, 2.05) is 0 Å². The van der Waals surface area contributed by atoms with Crippen molar-refractivity contribution in [3.05, 3.63) is 60.7 Å². The monoisotopic (exact) mass is 238 g/mol. The van der Waals surface area contributed by atoms with Crippen LogP contribution in [0.1, 0.15) is 11.1 Å². The van der Waals surface area contributed by atoms with E-state index in [2.05, 4.69) is 13.2 Å². The Morgan fingerprint density at radius 1 is 0.722 bits per heavy atom. The van der Waals surface area contributed by atoms with E-state index in [4.69, 9.17) is 0 Å². The van der Waals surface area contributed by atoms with Crippen LogP contribution in [-0.2, 0) is 0 Å². The van der Waals surface area contributed by atoms with Gasteiger partial charge in [-0.3, -0.25) is 0 Å². The van der Waals surface area contributed by atoms with Crippen molar-refractivity contribution in [2.24, 2.45) is 0 Å². The molecule has 2 aromatic carbocycles. The molecule has 0 heterocycles. The van der Waals surface area contributed by atoms with Gasteiger partial charge in [0, 0.05) is 11.1 Å². The maximum atomic E-state index is 9.90. The van der Waals surface area contributed by atoms with Crippen LogP contribution in [0, 0.1) is 0 Å². The molecule has 0 aliphatic heterocycles. The number of hydrogen-bond acceptors (Lipinski definition) is 2. The SMILES string of the molecule is C=Cc1ccc(O)c(-c2cc(C=C)ccc2O)c1. The van der Waals surface area contributed by atoms with E-state index in [9.17, 15) is 10.2 Å². The lowest BCUT2D eigenvalue weighted by atomic mass is 9.99. The second-order valence-electron chi connectivity index (χ2n) is 3.96. The van der Waals surface area contributed by atoms with Crippen molar-refractivity contribution < 1.29 is 10.2 Å². The van der Waals surface area contributed by atoms with Crippen molar-refractivity contribution in [3.63, 3.8) is 0 Å². The van der Waals surface area contributed by atoms with Gasteiger partial charge in [-0.1, -0.05) is 37.4 Å². The summed E-state index contributed by atoms with van der Waals surface area (Å²) in [5.74, 6) is 0.245. The van der Waals surface area contributed by atoms with Crippen molar-refractivity contribution in [1.82, 2.24) is 0 Å². The number of phenols is 2. The smallest absolute Gasteiger partial charge is 0.123 e. The summed E-state index contributed by atoms with van der Waals surface area (Å²) >= 11 is 0. The van der Waals surface area contributed by atoms with Gasteiger partial charge in [-0.15, -0.1) is 0 Å². The van der Waals surface area contributed by atoms with Crippen LogP contribution in [0.5, 0.6) is 11.5 Å². The lowest BCUT2D eigenvalue weighted by molar-refractivity contribution is 0.469. The van der Waals surface area contributed by atoms with E-state index in [-0.39, 0.29) is 11.5 Å². The average molecular weight is 238 g/mol. The van der Waals surface area contributed by atoms with E-state index < -0.39 is 0 Å². The van der Waals surface area contributed by atoms with Crippen molar-refractivity contribution >= 4 is 12.2 Å². The van der Waals surface area contributed by atoms with Crippen molar-refractivity contribution in [1.29, 1.82) is 0 Å². The zero-order chi connectivity index (χ0) is 13.1. The van der Waals surface area contributed by atoms with E-state index in [1.165, 1.54) is 0 Å². The third-order valence-corrected chi connectivity index (χ3v) is 2.80. The zero-order valence-electron chi connectivity index (χ0n) is 9.93. The van der Waals surface area contributed by atoms with Gasteiger partial charge in [0.1, 0.15) is 11.5 Å². The maximum Gasteiger partial charge on any atom is 0.123 e. The Kier molecular flexibility index (Phi) is 3.20. The number of aromatic hydroxyl groups is 2. The first-order valence-corrected chi connectivity index (χ1v) is 5.57. The topological polar surface area (TPSA) is 40.5 Å². The molecule has 2 aromatic rings. The first-order chi connectivity index (χ1) is 8.65. The summed E-state index contributed by atoms with van der Waals surface area (Å²) in [4.78, 5) is 0. The normalized spacial score (nSPS) is 10.0. The molecular formula is C16H14O2. The molecule has 2 heteroatoms. The Bertz CT molecular complexity index is 557.